The second kappa shape index (κ2) is 50.6. The van der Waals surface area contributed by atoms with Gasteiger partial charge >= 0.3 is 16.4 Å². The SMILES string of the molecule is CC(=O)N[C@@H]1[C@@H](O)[C@H](O[C@@H]2O[C@H](CO)[C@@H](O[C@@H]3O[C@H](CO[C@H]4O[C@H](CO[C@H]5O[C@H](CO)[C@@H](O)[C@H](O)[C@@H]5O)[C@@H](O)[C@H](O[C@H]5O[C@H](CO)[C@@H](O)[C@H](O)[C@@H]5O)[C@@H]4O)[C@@H](O)[C@H](O[C@H]4O[C@H](CO)[C@@H](O)[C@H](O)[C@@H]4O[C@@H]4O[C@H](COS(=O)(=O)O)[C@@H](O[C@@H]5O[C@H](CO)[C@H](O)[C@H](O[C@]6(C(=O)O)C[C@H](O)[C@@H](NC(C)=O)[C@H]([C@H](O)[C@H](O)CO)O6)[C@H]5O)[C@H](O)[C@H]4NC(C)=O)[C@@H]3O)[C@H](O)[C@H]2NC(C)=O)[C@@H](CO[C@@H]2O[C@@H](C)[C@@H](O)[C@@H](O)[C@@H]2O)O[C@H]1O. The summed E-state index contributed by atoms with van der Waals surface area (Å²) in [5, 5.41) is 358. The minimum atomic E-state index is -5.73. The van der Waals surface area contributed by atoms with Gasteiger partial charge in [0.2, 0.25) is 23.6 Å². The van der Waals surface area contributed by atoms with E-state index in [1.807, 2.05) is 0 Å². The first-order valence-electron chi connectivity index (χ1n) is 44.8. The highest BCUT2D eigenvalue weighted by Crippen LogP contribution is 2.43. The van der Waals surface area contributed by atoms with E-state index in [0.717, 1.165) is 27.7 Å². The molecule has 0 bridgehead atoms. The number of rotatable bonds is 39. The van der Waals surface area contributed by atoms with Crippen molar-refractivity contribution in [3.8, 4) is 0 Å². The molecule has 4 amide bonds. The zero-order valence-corrected chi connectivity index (χ0v) is 76.9. The van der Waals surface area contributed by atoms with Crippen molar-refractivity contribution < 1.29 is 299 Å². The van der Waals surface area contributed by atoms with Gasteiger partial charge < -0.3 is 279 Å². The zero-order chi connectivity index (χ0) is 106. The summed E-state index contributed by atoms with van der Waals surface area (Å²) < 4.78 is 163. The third kappa shape index (κ3) is 26.9. The second-order valence-corrected chi connectivity index (χ2v) is 36.9. The smallest absolute Gasteiger partial charge is 0.397 e. The Morgan fingerprint density at radius 2 is 0.664 bits per heavy atom. The van der Waals surface area contributed by atoms with Crippen LogP contribution in [0.5, 0.6) is 0 Å². The van der Waals surface area contributed by atoms with E-state index in [1.165, 1.54) is 6.92 Å². The van der Waals surface area contributed by atoms with E-state index in [9.17, 15) is 195 Å². The first-order valence-corrected chi connectivity index (χ1v) is 46.2. The molecular weight excluding hydrogens is 1990 g/mol. The first kappa shape index (κ1) is 118. The van der Waals surface area contributed by atoms with Crippen LogP contribution in [0, 0.1) is 0 Å². The van der Waals surface area contributed by atoms with Gasteiger partial charge in [-0.15, -0.1) is 0 Å². The van der Waals surface area contributed by atoms with Crippen molar-refractivity contribution in [2.45, 2.75) is 384 Å². The average Bonchev–Trinajstić information content (AvgIpc) is 0.749. The quantitative estimate of drug-likeness (QED) is 0.0254. The van der Waals surface area contributed by atoms with Crippen LogP contribution in [0.2, 0.25) is 0 Å². The summed E-state index contributed by atoms with van der Waals surface area (Å²) in [6, 6.07) is -8.14. The van der Waals surface area contributed by atoms with Crippen LogP contribution in [0.1, 0.15) is 41.0 Å². The first-order chi connectivity index (χ1) is 67.2. The highest BCUT2D eigenvalue weighted by molar-refractivity contribution is 7.80. The Balaban J connectivity index is 0.942. The van der Waals surface area contributed by atoms with Crippen LogP contribution in [0.4, 0.5) is 0 Å². The number of hydrogen-bond donors (Lipinski definition) is 36. The molecule has 0 aromatic rings. The lowest BCUT2D eigenvalue weighted by atomic mass is 9.88. The predicted octanol–water partition coefficient (Wildman–Crippen LogP) is -24.3. The Labute approximate surface area is 807 Å². The van der Waals surface area contributed by atoms with Crippen LogP contribution in [0.15, 0.2) is 0 Å². The minimum absolute atomic E-state index is 0.764. The molecule has 0 radical (unpaired) electrons. The molecule has 36 N–H and O–H groups in total. The maximum Gasteiger partial charge on any atom is 0.397 e. The van der Waals surface area contributed by atoms with Crippen molar-refractivity contribution in [2.24, 2.45) is 0 Å². The van der Waals surface area contributed by atoms with Gasteiger partial charge in [-0.1, -0.05) is 0 Å². The van der Waals surface area contributed by atoms with Gasteiger partial charge in [0.1, 0.15) is 256 Å². The largest absolute Gasteiger partial charge is 0.477 e. The number of nitrogens with one attached hydrogen (secondary N) is 4. The van der Waals surface area contributed by atoms with E-state index in [2.05, 4.69) is 25.5 Å². The molecule has 0 aromatic carbocycles. The molecule has 11 saturated heterocycles. The molecule has 65 nitrogen and oxygen atoms in total. The van der Waals surface area contributed by atoms with Gasteiger partial charge in [0.15, 0.2) is 62.9 Å². The maximum atomic E-state index is 13.4. The summed E-state index contributed by atoms with van der Waals surface area (Å²) in [7, 11) is -5.73. The Kier molecular flexibility index (Phi) is 41.9. The second-order valence-electron chi connectivity index (χ2n) is 35.8. The fourth-order valence-electron chi connectivity index (χ4n) is 18.0. The van der Waals surface area contributed by atoms with Crippen LogP contribution in [0.3, 0.4) is 0 Å². The van der Waals surface area contributed by atoms with Crippen molar-refractivity contribution in [3.05, 3.63) is 0 Å². The lowest BCUT2D eigenvalue weighted by Gasteiger charge is -2.51. The van der Waals surface area contributed by atoms with E-state index >= 15 is 0 Å². The van der Waals surface area contributed by atoms with Gasteiger partial charge in [0.25, 0.3) is 5.79 Å². The number of carbonyl (C=O) groups excluding carboxylic acids is 4. The average molecular weight is 2120 g/mol. The van der Waals surface area contributed by atoms with Crippen LogP contribution >= 0.6 is 0 Å². The normalized spacial score (nSPS) is 48.0. The number of carboxylic acids is 1. The highest BCUT2D eigenvalue weighted by atomic mass is 32.3. The van der Waals surface area contributed by atoms with E-state index in [0.29, 0.717) is 0 Å². The Morgan fingerprint density at radius 1 is 0.336 bits per heavy atom. The van der Waals surface area contributed by atoms with Gasteiger partial charge in [0, 0.05) is 34.1 Å². The standard InChI is InChI=1S/C77H128N4O61S/c1-17-37(94)48(105)52(109)69(125-17)123-15-31-59(45(102)34(66(115)126-31)79-19(3)89)135-67-35(80-20(4)90)46(103)58(28(12-87)131-67)136-73-56(113)63(44(101)30(133-73)14-122-71-55(112)62(138-72-54(111)50(107)40(97)25(9-84)128-72)43(100)29(132-71)13-121-70-53(110)49(106)39(96)24(8-83)127-70)139-75-65(51(108)41(98)26(10-85)130-75)140-68-36(81-21(5)91)47(104)60(32(134-68)16-124-143(118,119)120)137-74-57(114)64(42(99)27(11-86)129-74)142-77(76(116)117)6-22(92)33(78-18(2)88)61(141-77)38(95)23(93)7-82/h17,22-75,82-87,92-115H,6-16H2,1-5H3,(H,78,88)(H,79,89)(H,80,90)(H,81,91)(H,116,117)(H,118,119,120)/t17-,22-,23+,24+,25+,26+,27+,28+,29+,30+,31+,32+,33+,34+,35+,36+,37+,38+,39+,40+,41+,42-,43+,44+,45+,46+,47+,48+,49-,50-,51-,52-,53-,54-,55-,56-,57+,58+,59+,60+,61+,62-,63-,64-,65-,66+,67-,68-,69+,70-,71-,72+,73-,74-,75+,77-/m0/s1. The fraction of sp³-hybridized carbons (Fsp3) is 0.935. The van der Waals surface area contributed by atoms with E-state index < -0.39 is 456 Å². The summed E-state index contributed by atoms with van der Waals surface area (Å²) in [4.78, 5) is 65.1. The van der Waals surface area contributed by atoms with Crippen molar-refractivity contribution in [3.63, 3.8) is 0 Å². The molecule has 828 valence electrons. The van der Waals surface area contributed by atoms with Crippen LogP contribution in [-0.4, -0.2) is 610 Å². The van der Waals surface area contributed by atoms with E-state index in [1.54, 1.807) is 0 Å². The molecule has 11 fully saturated rings. The molecule has 143 heavy (non-hydrogen) atoms. The van der Waals surface area contributed by atoms with Gasteiger partial charge in [-0.25, -0.2) is 8.98 Å². The number of aliphatic hydroxyl groups excluding tert-OH is 30. The van der Waals surface area contributed by atoms with Gasteiger partial charge in [-0.05, 0) is 6.92 Å². The van der Waals surface area contributed by atoms with Gasteiger partial charge in [-0.3, -0.25) is 23.7 Å². The topological polar surface area (TPSA) is 1020 Å². The third-order valence-electron chi connectivity index (χ3n) is 25.7. The van der Waals surface area contributed by atoms with Crippen LogP contribution in [0.25, 0.3) is 0 Å². The van der Waals surface area contributed by atoms with Crippen LogP contribution in [-0.2, 0) is 138 Å². The molecule has 66 heteroatoms. The lowest BCUT2D eigenvalue weighted by molar-refractivity contribution is -0.400. The van der Waals surface area contributed by atoms with Crippen molar-refractivity contribution in [2.75, 3.05) is 66.1 Å². The third-order valence-corrected chi connectivity index (χ3v) is 26.1. The molecular formula is C77H128N4O61S. The highest BCUT2D eigenvalue weighted by Gasteiger charge is 2.65. The summed E-state index contributed by atoms with van der Waals surface area (Å²) in [5.74, 6) is -9.77. The summed E-state index contributed by atoms with van der Waals surface area (Å²) >= 11 is 0. The van der Waals surface area contributed by atoms with E-state index in [4.69, 9.17) is 99.5 Å². The maximum absolute atomic E-state index is 13.4. The minimum Gasteiger partial charge on any atom is -0.477 e. The molecule has 56 atom stereocenters. The molecule has 11 aliphatic heterocycles. The lowest BCUT2D eigenvalue weighted by Crippen LogP contribution is -2.71. The Morgan fingerprint density at radius 3 is 1.14 bits per heavy atom. The van der Waals surface area contributed by atoms with Crippen molar-refractivity contribution in [1.82, 2.24) is 21.3 Å². The van der Waals surface area contributed by atoms with Crippen LogP contribution < -0.4 is 21.3 Å². The molecule has 0 unspecified atom stereocenters. The molecule has 11 rings (SSSR count). The number of ether oxygens (including phenoxy) is 21. The number of aliphatic hydroxyl groups is 30. The van der Waals surface area contributed by atoms with Gasteiger partial charge in [0.05, 0.1) is 84.3 Å². The Hall–Kier alpha value is -4.82. The Bertz CT molecular complexity index is 4160. The number of carbonyl (C=O) groups is 5. The monoisotopic (exact) mass is 2120 g/mol. The molecule has 11 heterocycles. The van der Waals surface area contributed by atoms with E-state index in [-0.39, 0.29) is 0 Å². The number of hydrogen-bond acceptors (Lipinski definition) is 59. The van der Waals surface area contributed by atoms with Crippen molar-refractivity contribution in [1.29, 1.82) is 0 Å². The van der Waals surface area contributed by atoms with Crippen molar-refractivity contribution >= 4 is 40.0 Å². The summed E-state index contributed by atoms with van der Waals surface area (Å²) in [6.45, 7) is -7.67. The van der Waals surface area contributed by atoms with Gasteiger partial charge in [-0.2, -0.15) is 8.42 Å². The zero-order valence-electron chi connectivity index (χ0n) is 76.1. The molecule has 0 aliphatic carbocycles. The molecule has 11 aliphatic rings. The number of amides is 4. The number of carboxylic acid groups (broad SMARTS) is 1. The molecule has 0 saturated carbocycles. The predicted molar refractivity (Wildman–Crippen MR) is 435 cm³/mol. The summed E-state index contributed by atoms with van der Waals surface area (Å²) in [6.07, 6.45) is -117. The summed E-state index contributed by atoms with van der Waals surface area (Å²) in [5.41, 5.74) is 0. The fourth-order valence-corrected chi connectivity index (χ4v) is 18.3. The molecule has 0 spiro atoms. The molecule has 0 aromatic heterocycles. The number of aliphatic carboxylic acids is 1.